The van der Waals surface area contributed by atoms with Gasteiger partial charge in [-0.1, -0.05) is 41.4 Å². The molecule has 2 aromatic carbocycles. The van der Waals surface area contributed by atoms with Crippen LogP contribution in [0.2, 0.25) is 10.0 Å². The molecule has 0 spiro atoms. The van der Waals surface area contributed by atoms with Crippen LogP contribution in [0.25, 0.3) is 11.0 Å². The van der Waals surface area contributed by atoms with Gasteiger partial charge in [-0.15, -0.1) is 0 Å². The predicted octanol–water partition coefficient (Wildman–Crippen LogP) is 6.42. The molecule has 0 saturated carbocycles. The summed E-state index contributed by atoms with van der Waals surface area (Å²) >= 11 is 12.5. The molecule has 8 heteroatoms. The Morgan fingerprint density at radius 1 is 1.18 bits per heavy atom. The lowest BCUT2D eigenvalue weighted by Crippen LogP contribution is -2.44. The number of amides is 1. The number of fused-ring (bicyclic) bond motifs is 1. The van der Waals surface area contributed by atoms with Gasteiger partial charge >= 0.3 is 6.09 Å². The number of piperidine rings is 1. The van der Waals surface area contributed by atoms with Gasteiger partial charge in [0.2, 0.25) is 0 Å². The van der Waals surface area contributed by atoms with Crippen molar-refractivity contribution in [3.63, 3.8) is 0 Å². The minimum atomic E-state index is -0.506. The minimum Gasteiger partial charge on any atom is -0.464 e. The molecule has 6 nitrogen and oxygen atoms in total. The van der Waals surface area contributed by atoms with Crippen LogP contribution in [0.15, 0.2) is 42.5 Å². The average Bonchev–Trinajstić information content (AvgIpc) is 3.10. The van der Waals surface area contributed by atoms with E-state index in [9.17, 15) is 4.79 Å². The molecule has 0 aliphatic carbocycles. The lowest BCUT2D eigenvalue weighted by Gasteiger charge is -2.33. The van der Waals surface area contributed by atoms with Crippen molar-refractivity contribution in [3.05, 3.63) is 58.1 Å². The first kappa shape index (κ1) is 23.7. The second-order valence-electron chi connectivity index (χ2n) is 9.45. The summed E-state index contributed by atoms with van der Waals surface area (Å²) in [5, 5.41) is 1.20. The Bertz CT molecular complexity index is 1140. The molecule has 176 valence electrons. The molecular formula is C25H29Cl2N3O3. The fourth-order valence-corrected chi connectivity index (χ4v) is 4.49. The summed E-state index contributed by atoms with van der Waals surface area (Å²) in [7, 11) is 0. The van der Waals surface area contributed by atoms with E-state index in [0.29, 0.717) is 42.3 Å². The molecule has 0 unspecified atom stereocenters. The molecule has 1 atom stereocenters. The summed E-state index contributed by atoms with van der Waals surface area (Å²) in [6, 6.07) is 13.9. The van der Waals surface area contributed by atoms with E-state index in [1.807, 2.05) is 61.7 Å². The Kier molecular flexibility index (Phi) is 7.05. The number of hydrogen-bond donors (Lipinski definition) is 0. The normalized spacial score (nSPS) is 16.8. The number of likely N-dealkylation sites (tertiary alicyclic amines) is 1. The van der Waals surface area contributed by atoms with E-state index < -0.39 is 5.60 Å². The van der Waals surface area contributed by atoms with E-state index >= 15 is 0 Å². The lowest BCUT2D eigenvalue weighted by atomic mass is 9.99. The van der Waals surface area contributed by atoms with Gasteiger partial charge in [0.25, 0.3) is 6.01 Å². The summed E-state index contributed by atoms with van der Waals surface area (Å²) in [5.74, 6) is 0.207. The van der Waals surface area contributed by atoms with Gasteiger partial charge in [-0.25, -0.2) is 4.79 Å². The maximum atomic E-state index is 12.5. The van der Waals surface area contributed by atoms with Gasteiger partial charge in [0.1, 0.15) is 5.60 Å². The Morgan fingerprint density at radius 2 is 1.97 bits per heavy atom. The molecule has 1 fully saturated rings. The highest BCUT2D eigenvalue weighted by Crippen LogP contribution is 2.28. The van der Waals surface area contributed by atoms with Crippen molar-refractivity contribution in [2.45, 2.75) is 45.8 Å². The molecule has 3 aromatic rings. The highest BCUT2D eigenvalue weighted by Gasteiger charge is 2.28. The van der Waals surface area contributed by atoms with Crippen LogP contribution in [-0.4, -0.2) is 45.8 Å². The van der Waals surface area contributed by atoms with Crippen LogP contribution in [-0.2, 0) is 11.3 Å². The topological polar surface area (TPSA) is 56.6 Å². The number of imidazole rings is 1. The van der Waals surface area contributed by atoms with E-state index in [-0.39, 0.29) is 12.0 Å². The van der Waals surface area contributed by atoms with Gasteiger partial charge in [0.05, 0.1) is 24.2 Å². The van der Waals surface area contributed by atoms with Gasteiger partial charge in [0, 0.05) is 29.1 Å². The monoisotopic (exact) mass is 489 g/mol. The Morgan fingerprint density at radius 3 is 2.73 bits per heavy atom. The minimum absolute atomic E-state index is 0.207. The molecule has 0 N–H and O–H groups in total. The van der Waals surface area contributed by atoms with E-state index in [1.54, 1.807) is 11.0 Å². The highest BCUT2D eigenvalue weighted by molar-refractivity contribution is 6.35. The standard InChI is InChI=1S/C25H29Cl2N3O3/c1-25(2,3)33-24(31)29-12-6-7-17(14-29)16-32-23-28-21-8-4-5-9-22(21)30(23)15-18-10-11-19(26)13-20(18)27/h4-5,8-11,13,17H,6-7,12,14-16H2,1-3H3/t17-/m1/s1. The van der Waals surface area contributed by atoms with E-state index in [0.717, 1.165) is 29.4 Å². The zero-order valence-electron chi connectivity index (χ0n) is 19.2. The van der Waals surface area contributed by atoms with Crippen molar-refractivity contribution in [2.75, 3.05) is 19.7 Å². The quantitative estimate of drug-likeness (QED) is 0.414. The van der Waals surface area contributed by atoms with E-state index in [2.05, 4.69) is 0 Å². The number of nitrogens with zero attached hydrogens (tertiary/aromatic N) is 3. The number of ether oxygens (including phenoxy) is 2. The number of halogens is 2. The molecular weight excluding hydrogens is 461 g/mol. The molecule has 1 aliphatic rings. The van der Waals surface area contributed by atoms with Gasteiger partial charge in [-0.05, 0) is 63.4 Å². The van der Waals surface area contributed by atoms with Crippen molar-refractivity contribution in [3.8, 4) is 6.01 Å². The first-order chi connectivity index (χ1) is 15.7. The van der Waals surface area contributed by atoms with Crippen LogP contribution >= 0.6 is 23.2 Å². The molecule has 2 heterocycles. The largest absolute Gasteiger partial charge is 0.464 e. The third kappa shape index (κ3) is 5.92. The number of hydrogen-bond acceptors (Lipinski definition) is 4. The molecule has 33 heavy (non-hydrogen) atoms. The van der Waals surface area contributed by atoms with Crippen LogP contribution in [0.4, 0.5) is 4.79 Å². The fraction of sp³-hybridized carbons (Fsp3) is 0.440. The molecule has 1 amide bonds. The van der Waals surface area contributed by atoms with Gasteiger partial charge in [0.15, 0.2) is 0 Å². The summed E-state index contributed by atoms with van der Waals surface area (Å²) in [4.78, 5) is 19.0. The molecule has 0 bridgehead atoms. The van der Waals surface area contributed by atoms with Crippen LogP contribution in [0.5, 0.6) is 6.01 Å². The number of aromatic nitrogens is 2. The smallest absolute Gasteiger partial charge is 0.410 e. The van der Waals surface area contributed by atoms with Gasteiger partial charge in [-0.2, -0.15) is 4.98 Å². The maximum absolute atomic E-state index is 12.5. The summed E-state index contributed by atoms with van der Waals surface area (Å²) in [6.45, 7) is 7.95. The van der Waals surface area contributed by atoms with E-state index in [4.69, 9.17) is 37.7 Å². The first-order valence-corrected chi connectivity index (χ1v) is 11.9. The first-order valence-electron chi connectivity index (χ1n) is 11.2. The SMILES string of the molecule is CC(C)(C)OC(=O)N1CCC[C@@H](COc2nc3ccccc3n2Cc2ccc(Cl)cc2Cl)C1. The summed E-state index contributed by atoms with van der Waals surface area (Å²) in [6.07, 6.45) is 1.64. The van der Waals surface area contributed by atoms with Crippen LogP contribution < -0.4 is 4.74 Å². The fourth-order valence-electron chi connectivity index (χ4n) is 4.02. The number of para-hydroxylation sites is 2. The van der Waals surface area contributed by atoms with Crippen molar-refractivity contribution < 1.29 is 14.3 Å². The Labute approximate surface area is 204 Å². The van der Waals surface area contributed by atoms with Crippen molar-refractivity contribution in [1.82, 2.24) is 14.5 Å². The molecule has 1 saturated heterocycles. The molecule has 4 rings (SSSR count). The second-order valence-corrected chi connectivity index (χ2v) is 10.3. The summed E-state index contributed by atoms with van der Waals surface area (Å²) in [5.41, 5.74) is 2.26. The molecule has 1 aliphatic heterocycles. The van der Waals surface area contributed by atoms with Gasteiger partial charge < -0.3 is 14.4 Å². The zero-order valence-corrected chi connectivity index (χ0v) is 20.7. The van der Waals surface area contributed by atoms with Crippen molar-refractivity contribution in [2.24, 2.45) is 5.92 Å². The third-order valence-corrected chi connectivity index (χ3v) is 6.17. The summed E-state index contributed by atoms with van der Waals surface area (Å²) < 4.78 is 13.8. The van der Waals surface area contributed by atoms with Crippen molar-refractivity contribution in [1.29, 1.82) is 0 Å². The van der Waals surface area contributed by atoms with Crippen LogP contribution in [0.1, 0.15) is 39.2 Å². The number of carbonyl (C=O) groups excluding carboxylic acids is 1. The van der Waals surface area contributed by atoms with Gasteiger partial charge in [-0.3, -0.25) is 4.57 Å². The highest BCUT2D eigenvalue weighted by atomic mass is 35.5. The maximum Gasteiger partial charge on any atom is 0.410 e. The molecule has 1 aromatic heterocycles. The third-order valence-electron chi connectivity index (χ3n) is 5.58. The Hall–Kier alpha value is -2.44. The van der Waals surface area contributed by atoms with Crippen LogP contribution in [0, 0.1) is 5.92 Å². The second kappa shape index (κ2) is 9.82. The predicted molar refractivity (Wildman–Crippen MR) is 131 cm³/mol. The Balaban J connectivity index is 1.49. The van der Waals surface area contributed by atoms with E-state index in [1.165, 1.54) is 0 Å². The number of benzene rings is 2. The zero-order chi connectivity index (χ0) is 23.6. The van der Waals surface area contributed by atoms with Crippen molar-refractivity contribution >= 4 is 40.3 Å². The lowest BCUT2D eigenvalue weighted by molar-refractivity contribution is 0.0136. The number of carbonyl (C=O) groups is 1. The van der Waals surface area contributed by atoms with Crippen LogP contribution in [0.3, 0.4) is 0 Å². The molecule has 0 radical (unpaired) electrons. The average molecular weight is 490 g/mol. The number of rotatable bonds is 5.